The molecule has 2 fully saturated rings. The summed E-state index contributed by atoms with van der Waals surface area (Å²) in [6.07, 6.45) is 5.34. The van der Waals surface area contributed by atoms with E-state index in [1.165, 1.54) is 12.1 Å². The molecular weight excluding hydrogens is 409 g/mol. The van der Waals surface area contributed by atoms with E-state index >= 15 is 0 Å². The summed E-state index contributed by atoms with van der Waals surface area (Å²) < 4.78 is 14.0. The zero-order valence-corrected chi connectivity index (χ0v) is 18.6. The quantitative estimate of drug-likeness (QED) is 0.644. The Hall–Kier alpha value is -2.71. The summed E-state index contributed by atoms with van der Waals surface area (Å²) >= 11 is 0. The van der Waals surface area contributed by atoms with Gasteiger partial charge in [0, 0.05) is 49.9 Å². The standard InChI is InChI=1S/C24H32FN5O2/c1-2-20-16-29(24-23(32)13-19(14-26-24)27-17-31)11-12-30(20)21-7-9-28(10-8-21)15-18-5-3-4-6-22(18)25/h3-6,13-14,17,20-21,32H,2,7-12,15-16H2,1H3,(H,27,31). The Bertz CT molecular complexity index is 919. The van der Waals surface area contributed by atoms with Crippen molar-refractivity contribution in [2.45, 2.75) is 44.8 Å². The highest BCUT2D eigenvalue weighted by molar-refractivity contribution is 5.73. The molecule has 172 valence electrons. The molecule has 1 atom stereocenters. The van der Waals surface area contributed by atoms with E-state index in [1.54, 1.807) is 12.3 Å². The van der Waals surface area contributed by atoms with Gasteiger partial charge in [0.25, 0.3) is 0 Å². The molecule has 1 unspecified atom stereocenters. The average Bonchev–Trinajstić information content (AvgIpc) is 2.81. The van der Waals surface area contributed by atoms with Crippen LogP contribution in [0.15, 0.2) is 36.5 Å². The van der Waals surface area contributed by atoms with Crippen LogP contribution in [0, 0.1) is 5.82 Å². The summed E-state index contributed by atoms with van der Waals surface area (Å²) in [6, 6.07) is 9.50. The van der Waals surface area contributed by atoms with E-state index in [9.17, 15) is 14.3 Å². The van der Waals surface area contributed by atoms with Gasteiger partial charge in [0.1, 0.15) is 5.82 Å². The third kappa shape index (κ3) is 5.02. The first-order chi connectivity index (χ1) is 15.6. The average molecular weight is 442 g/mol. The number of aromatic nitrogens is 1. The van der Waals surface area contributed by atoms with Crippen LogP contribution in [0.5, 0.6) is 5.75 Å². The molecule has 2 aliphatic rings. The molecule has 1 aromatic heterocycles. The van der Waals surface area contributed by atoms with Gasteiger partial charge in [0.15, 0.2) is 11.6 Å². The lowest BCUT2D eigenvalue weighted by molar-refractivity contribution is -0.105. The SMILES string of the molecule is CCC1CN(c2ncc(NC=O)cc2O)CCN1C1CCN(Cc2ccccc2F)CC1. The number of aromatic hydroxyl groups is 1. The van der Waals surface area contributed by atoms with Crippen LogP contribution in [0.4, 0.5) is 15.9 Å². The van der Waals surface area contributed by atoms with Crippen LogP contribution < -0.4 is 10.2 Å². The molecule has 4 rings (SSSR count). The zero-order valence-electron chi connectivity index (χ0n) is 18.6. The van der Waals surface area contributed by atoms with E-state index in [4.69, 9.17) is 0 Å². The van der Waals surface area contributed by atoms with Crippen molar-refractivity contribution >= 4 is 17.9 Å². The fourth-order valence-electron chi connectivity index (χ4n) is 5.02. The highest BCUT2D eigenvalue weighted by Crippen LogP contribution is 2.31. The zero-order chi connectivity index (χ0) is 22.5. The molecular formula is C24H32FN5O2. The van der Waals surface area contributed by atoms with Gasteiger partial charge >= 0.3 is 0 Å². The number of likely N-dealkylation sites (tertiary alicyclic amines) is 1. The smallest absolute Gasteiger partial charge is 0.211 e. The lowest BCUT2D eigenvalue weighted by atomic mass is 9.97. The molecule has 2 aromatic rings. The molecule has 2 aliphatic heterocycles. The molecule has 1 aromatic carbocycles. The van der Waals surface area contributed by atoms with E-state index in [0.29, 0.717) is 36.5 Å². The van der Waals surface area contributed by atoms with Crippen molar-refractivity contribution in [2.24, 2.45) is 0 Å². The van der Waals surface area contributed by atoms with Crippen molar-refractivity contribution < 1.29 is 14.3 Å². The van der Waals surface area contributed by atoms with Crippen LogP contribution in [0.2, 0.25) is 0 Å². The largest absolute Gasteiger partial charge is 0.504 e. The number of carbonyl (C=O) groups is 1. The van der Waals surface area contributed by atoms with Gasteiger partial charge in [-0.25, -0.2) is 9.37 Å². The van der Waals surface area contributed by atoms with Crippen molar-refractivity contribution in [3.8, 4) is 5.75 Å². The number of rotatable bonds is 7. The maximum atomic E-state index is 14.0. The summed E-state index contributed by atoms with van der Waals surface area (Å²) in [5.41, 5.74) is 1.25. The molecule has 32 heavy (non-hydrogen) atoms. The Labute approximate surface area is 188 Å². The summed E-state index contributed by atoms with van der Waals surface area (Å²) in [7, 11) is 0. The Morgan fingerprint density at radius 3 is 2.69 bits per heavy atom. The van der Waals surface area contributed by atoms with Gasteiger partial charge in [0.2, 0.25) is 6.41 Å². The van der Waals surface area contributed by atoms with Gasteiger partial charge in [-0.2, -0.15) is 0 Å². The molecule has 2 N–H and O–H groups in total. The molecule has 0 radical (unpaired) electrons. The van der Waals surface area contributed by atoms with Crippen molar-refractivity contribution in [3.63, 3.8) is 0 Å². The van der Waals surface area contributed by atoms with Gasteiger partial charge in [-0.3, -0.25) is 14.6 Å². The van der Waals surface area contributed by atoms with Gasteiger partial charge in [-0.15, -0.1) is 0 Å². The fraction of sp³-hybridized carbons (Fsp3) is 0.500. The normalized spacial score (nSPS) is 20.9. The minimum absolute atomic E-state index is 0.0848. The number of halogens is 1. The van der Waals surface area contributed by atoms with Crippen LogP contribution >= 0.6 is 0 Å². The molecule has 7 nitrogen and oxygen atoms in total. The highest BCUT2D eigenvalue weighted by atomic mass is 19.1. The lowest BCUT2D eigenvalue weighted by Gasteiger charge is -2.47. The number of piperazine rings is 1. The lowest BCUT2D eigenvalue weighted by Crippen LogP contribution is -2.58. The van der Waals surface area contributed by atoms with Crippen molar-refractivity contribution in [2.75, 3.05) is 42.9 Å². The van der Waals surface area contributed by atoms with E-state index < -0.39 is 0 Å². The van der Waals surface area contributed by atoms with Gasteiger partial charge < -0.3 is 15.3 Å². The predicted octanol–water partition coefficient (Wildman–Crippen LogP) is 3.06. The number of nitrogens with one attached hydrogen (secondary N) is 1. The summed E-state index contributed by atoms with van der Waals surface area (Å²) in [4.78, 5) is 22.1. The Balaban J connectivity index is 1.34. The number of amides is 1. The molecule has 0 saturated carbocycles. The monoisotopic (exact) mass is 441 g/mol. The molecule has 0 spiro atoms. The van der Waals surface area contributed by atoms with Gasteiger partial charge in [-0.05, 0) is 38.4 Å². The van der Waals surface area contributed by atoms with Gasteiger partial charge in [-0.1, -0.05) is 25.1 Å². The molecule has 3 heterocycles. The Morgan fingerprint density at radius 1 is 1.22 bits per heavy atom. The number of hydrogen-bond donors (Lipinski definition) is 2. The van der Waals surface area contributed by atoms with E-state index in [1.807, 2.05) is 12.1 Å². The second-order valence-electron chi connectivity index (χ2n) is 8.67. The van der Waals surface area contributed by atoms with Crippen molar-refractivity contribution in [3.05, 3.63) is 47.9 Å². The topological polar surface area (TPSA) is 71.9 Å². The molecule has 1 amide bonds. The maximum absolute atomic E-state index is 14.0. The fourth-order valence-corrected chi connectivity index (χ4v) is 5.02. The van der Waals surface area contributed by atoms with Crippen LogP contribution in [-0.4, -0.2) is 71.1 Å². The number of hydrogen-bond acceptors (Lipinski definition) is 6. The van der Waals surface area contributed by atoms with E-state index in [0.717, 1.165) is 57.5 Å². The van der Waals surface area contributed by atoms with Gasteiger partial charge in [0.05, 0.1) is 11.9 Å². The number of pyridine rings is 1. The molecule has 2 saturated heterocycles. The van der Waals surface area contributed by atoms with Crippen LogP contribution in [0.1, 0.15) is 31.7 Å². The minimum Gasteiger partial charge on any atom is -0.504 e. The second-order valence-corrected chi connectivity index (χ2v) is 8.67. The molecule has 8 heteroatoms. The molecule has 0 bridgehead atoms. The summed E-state index contributed by atoms with van der Waals surface area (Å²) in [5, 5.41) is 12.9. The minimum atomic E-state index is -0.122. The van der Waals surface area contributed by atoms with Crippen LogP contribution in [0.3, 0.4) is 0 Å². The number of piperidine rings is 1. The van der Waals surface area contributed by atoms with Crippen molar-refractivity contribution in [1.29, 1.82) is 0 Å². The summed E-state index contributed by atoms with van der Waals surface area (Å²) in [6.45, 7) is 7.36. The third-order valence-electron chi connectivity index (χ3n) is 6.75. The first-order valence-corrected chi connectivity index (χ1v) is 11.4. The van der Waals surface area contributed by atoms with E-state index in [2.05, 4.69) is 31.9 Å². The third-order valence-corrected chi connectivity index (χ3v) is 6.75. The Kier molecular flexibility index (Phi) is 7.22. The predicted molar refractivity (Wildman–Crippen MR) is 123 cm³/mol. The van der Waals surface area contributed by atoms with Crippen molar-refractivity contribution in [1.82, 2.24) is 14.8 Å². The number of benzene rings is 1. The second kappa shape index (κ2) is 10.3. The first kappa shape index (κ1) is 22.5. The van der Waals surface area contributed by atoms with E-state index in [-0.39, 0.29) is 11.6 Å². The number of anilines is 2. The van der Waals surface area contributed by atoms with Crippen LogP contribution in [0.25, 0.3) is 0 Å². The first-order valence-electron chi connectivity index (χ1n) is 11.4. The highest BCUT2D eigenvalue weighted by Gasteiger charge is 2.34. The van der Waals surface area contributed by atoms with Crippen LogP contribution in [-0.2, 0) is 11.3 Å². The number of carbonyl (C=O) groups excluding carboxylic acids is 1. The number of nitrogens with zero attached hydrogens (tertiary/aromatic N) is 4. The summed E-state index contributed by atoms with van der Waals surface area (Å²) in [5.74, 6) is 0.532. The maximum Gasteiger partial charge on any atom is 0.211 e. The molecule has 0 aliphatic carbocycles. The Morgan fingerprint density at radius 2 is 2.00 bits per heavy atom.